The molecule has 22 nitrogen and oxygen atoms in total. The number of benzene rings is 3. The molecule has 3 aromatic rings. The van der Waals surface area contributed by atoms with Crippen molar-refractivity contribution in [2.75, 3.05) is 7.05 Å². The molecule has 0 aliphatic carbocycles. The Morgan fingerprint density at radius 1 is 0.596 bits per heavy atom. The van der Waals surface area contributed by atoms with Crippen molar-refractivity contribution in [2.45, 2.75) is 135 Å². The van der Waals surface area contributed by atoms with Gasteiger partial charge in [0.15, 0.2) is 11.4 Å². The Labute approximate surface area is 600 Å². The lowest BCUT2D eigenvalue weighted by Gasteiger charge is -2.16. The Morgan fingerprint density at radius 3 is 1.13 bits per heavy atom. The predicted molar refractivity (Wildman–Crippen MR) is 398 cm³/mol. The van der Waals surface area contributed by atoms with Gasteiger partial charge < -0.3 is 14.2 Å². The maximum absolute atomic E-state index is 10.8. The predicted octanol–water partition coefficient (Wildman–Crippen LogP) is 16.5. The summed E-state index contributed by atoms with van der Waals surface area (Å²) in [7, 11) is 1.45. The number of allylic oxidation sites excluding steroid dienone is 5. The second kappa shape index (κ2) is 79.7. The van der Waals surface area contributed by atoms with Crippen LogP contribution >= 0.6 is 34.8 Å². The van der Waals surface area contributed by atoms with E-state index in [4.69, 9.17) is 28.0 Å². The Kier molecular flexibility index (Phi) is 90.7. The average Bonchev–Trinajstić information content (AvgIpc) is 1.79. The van der Waals surface area contributed by atoms with E-state index in [9.17, 15) is 62.3 Å². The molecule has 3 aromatic carbocycles. The van der Waals surface area contributed by atoms with Gasteiger partial charge in [-0.25, -0.2) is 38.6 Å². The number of isocyanates is 3. The number of hydrogen-bond donors (Lipinski definition) is 0. The third kappa shape index (κ3) is 81.5. The highest BCUT2D eigenvalue weighted by Gasteiger charge is 2.35. The molecule has 542 valence electrons. The highest BCUT2D eigenvalue weighted by Crippen LogP contribution is 2.23. The quantitative estimate of drug-likeness (QED) is 0.0264. The van der Waals surface area contributed by atoms with E-state index in [2.05, 4.69) is 105 Å². The zero-order valence-corrected chi connectivity index (χ0v) is 62.5. The minimum atomic E-state index is -0.649. The number of esters is 5. The molecule has 3 amide bonds. The van der Waals surface area contributed by atoms with E-state index in [0.29, 0.717) is 17.0 Å². The molecule has 0 bridgehead atoms. The average molecular weight is 1440 g/mol. The van der Waals surface area contributed by atoms with E-state index in [1.165, 1.54) is 45.3 Å². The van der Waals surface area contributed by atoms with Crippen LogP contribution in [-0.2, 0) is 77.3 Å². The number of aliphatic imine (C=N–C) groups is 4. The summed E-state index contributed by atoms with van der Waals surface area (Å²) in [5.74, 6) is -3.04. The molecule has 1 fully saturated rings. The van der Waals surface area contributed by atoms with Gasteiger partial charge in [0.25, 0.3) is 28.2 Å². The fourth-order valence-corrected chi connectivity index (χ4v) is 4.66. The van der Waals surface area contributed by atoms with Crippen LogP contribution in [0.3, 0.4) is 0 Å². The third-order valence-corrected chi connectivity index (χ3v) is 8.62. The van der Waals surface area contributed by atoms with E-state index >= 15 is 0 Å². The van der Waals surface area contributed by atoms with E-state index in [-0.39, 0.29) is 35.0 Å². The lowest BCUT2D eigenvalue weighted by atomic mass is 9.95. The summed E-state index contributed by atoms with van der Waals surface area (Å²) < 4.78 is 12.8. The van der Waals surface area contributed by atoms with Crippen LogP contribution < -0.4 is 0 Å². The van der Waals surface area contributed by atoms with Crippen LogP contribution in [-0.4, -0.2) is 105 Å². The molecule has 4 aliphatic rings. The molecule has 25 heteroatoms. The van der Waals surface area contributed by atoms with Crippen molar-refractivity contribution in [1.82, 2.24) is 4.90 Å². The van der Waals surface area contributed by atoms with E-state index < -0.39 is 51.3 Å². The van der Waals surface area contributed by atoms with Crippen molar-refractivity contribution >= 4 is 122 Å². The summed E-state index contributed by atoms with van der Waals surface area (Å²) in [6, 6.07) is 25.6. The smallest absolute Gasteiger partial charge is 0.341 e. The molecule has 99 heavy (non-hydrogen) atoms. The van der Waals surface area contributed by atoms with E-state index in [1.807, 2.05) is 125 Å². The van der Waals surface area contributed by atoms with Crippen LogP contribution in [0.5, 0.6) is 0 Å². The maximum Gasteiger partial charge on any atom is 0.341 e. The number of halogens is 3. The van der Waals surface area contributed by atoms with Crippen LogP contribution in [0, 0.1) is 6.92 Å². The van der Waals surface area contributed by atoms with Crippen molar-refractivity contribution in [1.29, 1.82) is 0 Å². The van der Waals surface area contributed by atoms with Gasteiger partial charge >= 0.3 is 29.8 Å². The number of cyclic esters (lactones) is 5. The first-order chi connectivity index (χ1) is 46.5. The van der Waals surface area contributed by atoms with Gasteiger partial charge in [-0.3, -0.25) is 38.5 Å². The van der Waals surface area contributed by atoms with Gasteiger partial charge in [0.1, 0.15) is 0 Å². The van der Waals surface area contributed by atoms with Gasteiger partial charge in [0.2, 0.25) is 23.5 Å². The summed E-state index contributed by atoms with van der Waals surface area (Å²) in [4.78, 5) is 155. The molecule has 4 aliphatic heterocycles. The second-order valence-corrected chi connectivity index (χ2v) is 18.4. The lowest BCUT2D eigenvalue weighted by Crippen LogP contribution is -2.25. The number of rotatable bonds is 5. The standard InChI is InChI=1S/C10H11NO.C8H7ClO.C7H5ClO.C6H9NO2.C5H5NO2.C5H4O3.C4H5NO.C4H2O3.C3H3NO2.4C3H6.C2H3ClO.2C2H6.2C2H4/c1-10(2,11-8-12)9-6-4-3-5-7-9;1-6-2-4-7(5-3-6)8(9)10;8-7(9)6-4-2-1-3-5-6;1-4-7-6(2,3)5(8)9-4;1-6-4(7)2-3-5(6)8;1-3-2-4(6)8-5(3)7;1-2-3-5-4-6;5-3-1-2-4(6)7-3;1-3(6)4-2-5;4*1-3-2;1-2(3)4;4*1-2/h3-7H,1-2H3;2-5H,1H3;1-5H;1-3H3;2-3H,1H3;1-2H2;2-3H,1H3;1-2H;1H3;4*3H,1H2,2H3;1H3;2*1-2H3;2*1-2H2. The first-order valence-corrected chi connectivity index (χ1v) is 30.1. The second-order valence-electron chi connectivity index (χ2n) is 17.2. The topological polar surface area (TPSA) is 319 Å². The molecule has 7 rings (SSSR count). The SMILES string of the molecule is C=C.C=C.C=C1CC(=O)OC1=O.C=CC.C=CC.C=CC.C=CC.CC.CC.CC(=O)Cl.CC(=O)N=C=O.CC(C)(N=C=O)c1ccccc1.CC1=NC(C)(C)C(=O)O1.CC=CN=C=O.CN1C(=O)C=CC1=O.Cc1ccc(C(=O)Cl)cc1.O=C(Cl)c1ccccc1.O=C1C=CC(=O)O1. The van der Waals surface area contributed by atoms with Crippen LogP contribution in [0.2, 0.25) is 0 Å². The first kappa shape index (κ1) is 113. The normalized spacial score (nSPS) is 11.3. The largest absolute Gasteiger partial charge is 0.410 e. The molecule has 0 unspecified atom stereocenters. The molecule has 1 saturated heterocycles. The Morgan fingerprint density at radius 2 is 0.960 bits per heavy atom. The molecule has 0 spiro atoms. The van der Waals surface area contributed by atoms with Crippen molar-refractivity contribution in [3.8, 4) is 0 Å². The minimum Gasteiger partial charge on any atom is -0.410 e. The number of amides is 3. The number of nitrogens with zero attached hydrogens (tertiary/aromatic N) is 5. The summed E-state index contributed by atoms with van der Waals surface area (Å²) in [6.07, 6.45) is 18.8. The van der Waals surface area contributed by atoms with Gasteiger partial charge in [0, 0.05) is 75.0 Å². The molecular weight excluding hydrogens is 1340 g/mol. The Balaban J connectivity index is -0.0000000944. The van der Waals surface area contributed by atoms with Crippen molar-refractivity contribution in [3.05, 3.63) is 233 Å². The number of likely N-dealkylation sites (N-methyl/N-ethyl adjacent to an activating group) is 1. The molecule has 0 aromatic heterocycles. The van der Waals surface area contributed by atoms with Crippen LogP contribution in [0.25, 0.3) is 0 Å². The fourth-order valence-electron chi connectivity index (χ4n) is 4.40. The Hall–Kier alpha value is -10.7. The van der Waals surface area contributed by atoms with Gasteiger partial charge in [0.05, 0.1) is 12.0 Å². The van der Waals surface area contributed by atoms with Crippen molar-refractivity contribution in [2.24, 2.45) is 20.0 Å². The number of aryl methyl sites for hydroxylation is 1. The number of hydrogen-bond acceptors (Lipinski definition) is 20. The summed E-state index contributed by atoms with van der Waals surface area (Å²) in [5, 5.41) is -1.17. The molecular formula is C74H98Cl3N5O17. The molecule has 0 radical (unpaired) electrons. The van der Waals surface area contributed by atoms with E-state index in [1.54, 1.807) is 101 Å². The number of carbonyl (C=O) groups excluding carboxylic acids is 14. The zero-order chi connectivity index (χ0) is 80.1. The first-order valence-electron chi connectivity index (χ1n) is 29.0. The maximum atomic E-state index is 10.8. The van der Waals surface area contributed by atoms with Gasteiger partial charge in [-0.2, -0.15) is 9.98 Å². The highest BCUT2D eigenvalue weighted by molar-refractivity contribution is 6.68. The van der Waals surface area contributed by atoms with E-state index in [0.717, 1.165) is 34.3 Å². The minimum absolute atomic E-state index is 0.0544. The van der Waals surface area contributed by atoms with Crippen LogP contribution in [0.4, 0.5) is 0 Å². The number of imide groups is 1. The Bertz CT molecular complexity index is 3090. The van der Waals surface area contributed by atoms with Crippen molar-refractivity contribution in [3.63, 3.8) is 0 Å². The van der Waals surface area contributed by atoms with Crippen molar-refractivity contribution < 1.29 is 81.3 Å². The fraction of sp³-hybridized carbons (Fsp3) is 0.284. The van der Waals surface area contributed by atoms with Gasteiger partial charge in [-0.15, -0.1) is 57.6 Å². The summed E-state index contributed by atoms with van der Waals surface area (Å²) >= 11 is 15.0. The molecule has 4 heterocycles. The van der Waals surface area contributed by atoms with Gasteiger partial charge in [-0.1, -0.05) is 143 Å². The summed E-state index contributed by atoms with van der Waals surface area (Å²) in [6.45, 7) is 59.4. The highest BCUT2D eigenvalue weighted by atomic mass is 35.5. The van der Waals surface area contributed by atoms with Crippen LogP contribution in [0.15, 0.2) is 231 Å². The third-order valence-electron chi connectivity index (χ3n) is 8.18. The summed E-state index contributed by atoms with van der Waals surface area (Å²) in [5.41, 5.74) is 2.38. The number of carbonyl (C=O) groups is 11. The number of ether oxygens (including phenoxy) is 3. The lowest BCUT2D eigenvalue weighted by molar-refractivity contribution is -0.152. The van der Waals surface area contributed by atoms with Gasteiger partial charge in [-0.05, 0) is 122 Å². The molecule has 0 atom stereocenters. The molecule has 0 N–H and O–H groups in total. The zero-order valence-electron chi connectivity index (χ0n) is 60.2. The molecule has 0 saturated carbocycles. The monoisotopic (exact) mass is 1430 g/mol. The van der Waals surface area contributed by atoms with Crippen LogP contribution in [0.1, 0.15) is 149 Å².